The van der Waals surface area contributed by atoms with Crippen molar-refractivity contribution in [1.29, 1.82) is 0 Å². The lowest BCUT2D eigenvalue weighted by molar-refractivity contribution is 0.110. The molecule has 0 spiro atoms. The van der Waals surface area contributed by atoms with Gasteiger partial charge < -0.3 is 5.11 Å². The number of aliphatic hydroxyl groups is 1. The summed E-state index contributed by atoms with van der Waals surface area (Å²) in [6, 6.07) is 7.70. The average molecular weight is 204 g/mol. The number of aliphatic hydroxyl groups excluding tert-OH is 1. The molecule has 0 aromatic heterocycles. The number of aldehydes is 1. The first-order valence-electron chi connectivity index (χ1n) is 5.53. The normalized spacial score (nSPS) is 26.2. The zero-order chi connectivity index (χ0) is 10.7. The summed E-state index contributed by atoms with van der Waals surface area (Å²) < 4.78 is 0. The van der Waals surface area contributed by atoms with Crippen molar-refractivity contribution in [2.45, 2.75) is 37.7 Å². The first kappa shape index (κ1) is 10.4. The maximum Gasteiger partial charge on any atom is 0.150 e. The average Bonchev–Trinajstić information content (AvgIpc) is 2.29. The smallest absolute Gasteiger partial charge is 0.150 e. The minimum absolute atomic E-state index is 0.191. The van der Waals surface area contributed by atoms with Gasteiger partial charge in [-0.25, -0.2) is 0 Å². The van der Waals surface area contributed by atoms with E-state index in [0.29, 0.717) is 5.92 Å². The fourth-order valence-electron chi connectivity index (χ4n) is 2.44. The van der Waals surface area contributed by atoms with E-state index in [1.807, 2.05) is 24.3 Å². The Morgan fingerprint density at radius 2 is 2.07 bits per heavy atom. The maximum atomic E-state index is 10.9. The van der Waals surface area contributed by atoms with Gasteiger partial charge in [0.1, 0.15) is 6.29 Å². The molecular formula is C13H16O2. The van der Waals surface area contributed by atoms with Crippen molar-refractivity contribution in [1.82, 2.24) is 0 Å². The standard InChI is InChI=1S/C13H16O2/c14-9-11-4-1-2-7-13(11)10-5-3-6-12(15)8-10/h1-2,4,7,9-10,12,15H,3,5-6,8H2. The Bertz CT molecular complexity index is 346. The summed E-state index contributed by atoms with van der Waals surface area (Å²) in [5.41, 5.74) is 1.88. The van der Waals surface area contributed by atoms with Gasteiger partial charge in [-0.3, -0.25) is 4.79 Å². The second-order valence-corrected chi connectivity index (χ2v) is 4.26. The van der Waals surface area contributed by atoms with E-state index in [9.17, 15) is 9.90 Å². The summed E-state index contributed by atoms with van der Waals surface area (Å²) in [7, 11) is 0. The molecule has 2 rings (SSSR count). The molecule has 0 amide bonds. The van der Waals surface area contributed by atoms with Gasteiger partial charge in [-0.15, -0.1) is 0 Å². The van der Waals surface area contributed by atoms with E-state index < -0.39 is 0 Å². The minimum atomic E-state index is -0.191. The van der Waals surface area contributed by atoms with Crippen LogP contribution in [0.4, 0.5) is 0 Å². The van der Waals surface area contributed by atoms with Gasteiger partial charge >= 0.3 is 0 Å². The molecule has 1 aromatic carbocycles. The van der Waals surface area contributed by atoms with Crippen LogP contribution in [0.3, 0.4) is 0 Å². The second-order valence-electron chi connectivity index (χ2n) is 4.26. The van der Waals surface area contributed by atoms with Gasteiger partial charge in [0.05, 0.1) is 6.10 Å². The summed E-state index contributed by atoms with van der Waals surface area (Å²) in [5, 5.41) is 9.62. The molecular weight excluding hydrogens is 188 g/mol. The first-order chi connectivity index (χ1) is 7.31. The van der Waals surface area contributed by atoms with Gasteiger partial charge in [0.2, 0.25) is 0 Å². The third-order valence-electron chi connectivity index (χ3n) is 3.21. The number of hydrogen-bond donors (Lipinski definition) is 1. The topological polar surface area (TPSA) is 37.3 Å². The number of hydrogen-bond acceptors (Lipinski definition) is 2. The molecule has 0 aliphatic heterocycles. The van der Waals surface area contributed by atoms with Gasteiger partial charge in [0.15, 0.2) is 0 Å². The Hall–Kier alpha value is -1.15. The lowest BCUT2D eigenvalue weighted by Gasteiger charge is -2.26. The van der Waals surface area contributed by atoms with Crippen LogP contribution in [0.5, 0.6) is 0 Å². The third-order valence-corrected chi connectivity index (χ3v) is 3.21. The largest absolute Gasteiger partial charge is 0.393 e. The van der Waals surface area contributed by atoms with Gasteiger partial charge in [0.25, 0.3) is 0 Å². The molecule has 80 valence electrons. The van der Waals surface area contributed by atoms with E-state index in [2.05, 4.69) is 0 Å². The highest BCUT2D eigenvalue weighted by molar-refractivity contribution is 5.77. The van der Waals surface area contributed by atoms with Crippen LogP contribution in [0.15, 0.2) is 24.3 Å². The Labute approximate surface area is 89.9 Å². The maximum absolute atomic E-state index is 10.9. The zero-order valence-electron chi connectivity index (χ0n) is 8.73. The van der Waals surface area contributed by atoms with Crippen molar-refractivity contribution >= 4 is 6.29 Å². The van der Waals surface area contributed by atoms with Crippen LogP contribution >= 0.6 is 0 Å². The van der Waals surface area contributed by atoms with Crippen molar-refractivity contribution in [3.05, 3.63) is 35.4 Å². The minimum Gasteiger partial charge on any atom is -0.393 e. The summed E-state index contributed by atoms with van der Waals surface area (Å²) in [4.78, 5) is 10.9. The van der Waals surface area contributed by atoms with Crippen LogP contribution in [0, 0.1) is 0 Å². The highest BCUT2D eigenvalue weighted by atomic mass is 16.3. The highest BCUT2D eigenvalue weighted by Gasteiger charge is 2.22. The molecule has 0 heterocycles. The molecule has 1 saturated carbocycles. The van der Waals surface area contributed by atoms with Gasteiger partial charge in [-0.1, -0.05) is 30.7 Å². The van der Waals surface area contributed by atoms with Crippen LogP contribution in [-0.2, 0) is 0 Å². The van der Waals surface area contributed by atoms with E-state index in [1.54, 1.807) is 0 Å². The van der Waals surface area contributed by atoms with Crippen LogP contribution < -0.4 is 0 Å². The van der Waals surface area contributed by atoms with E-state index >= 15 is 0 Å². The molecule has 0 radical (unpaired) electrons. The lowest BCUT2D eigenvalue weighted by atomic mass is 9.81. The SMILES string of the molecule is O=Cc1ccccc1C1CCCC(O)C1. The predicted octanol–water partition coefficient (Wildman–Crippen LogP) is 2.52. The predicted molar refractivity (Wildman–Crippen MR) is 59.0 cm³/mol. The van der Waals surface area contributed by atoms with Crippen molar-refractivity contribution in [3.63, 3.8) is 0 Å². The molecule has 2 atom stereocenters. The molecule has 1 aliphatic carbocycles. The third kappa shape index (κ3) is 2.26. The summed E-state index contributed by atoms with van der Waals surface area (Å²) in [6.45, 7) is 0. The fourth-order valence-corrected chi connectivity index (χ4v) is 2.44. The molecule has 0 saturated heterocycles. The van der Waals surface area contributed by atoms with E-state index in [-0.39, 0.29) is 6.10 Å². The van der Waals surface area contributed by atoms with E-state index in [0.717, 1.165) is 43.1 Å². The monoisotopic (exact) mass is 204 g/mol. The molecule has 15 heavy (non-hydrogen) atoms. The molecule has 0 bridgehead atoms. The Balaban J connectivity index is 2.24. The van der Waals surface area contributed by atoms with Crippen LogP contribution in [-0.4, -0.2) is 17.5 Å². The Kier molecular flexibility index (Phi) is 3.17. The summed E-state index contributed by atoms with van der Waals surface area (Å²) >= 11 is 0. The lowest BCUT2D eigenvalue weighted by Crippen LogP contribution is -2.18. The van der Waals surface area contributed by atoms with Gasteiger partial charge in [-0.2, -0.15) is 0 Å². The fraction of sp³-hybridized carbons (Fsp3) is 0.462. The number of carbonyl (C=O) groups is 1. The Morgan fingerprint density at radius 3 is 2.80 bits per heavy atom. The van der Waals surface area contributed by atoms with E-state index in [4.69, 9.17) is 0 Å². The van der Waals surface area contributed by atoms with Crippen molar-refractivity contribution in [3.8, 4) is 0 Å². The molecule has 2 nitrogen and oxygen atoms in total. The van der Waals surface area contributed by atoms with Crippen LogP contribution in [0.25, 0.3) is 0 Å². The molecule has 1 aromatic rings. The number of benzene rings is 1. The van der Waals surface area contributed by atoms with Crippen molar-refractivity contribution in [2.24, 2.45) is 0 Å². The molecule has 1 fully saturated rings. The van der Waals surface area contributed by atoms with Crippen LogP contribution in [0.2, 0.25) is 0 Å². The number of rotatable bonds is 2. The quantitative estimate of drug-likeness (QED) is 0.751. The van der Waals surface area contributed by atoms with E-state index in [1.165, 1.54) is 0 Å². The molecule has 2 unspecified atom stereocenters. The van der Waals surface area contributed by atoms with Gasteiger partial charge in [0, 0.05) is 5.56 Å². The van der Waals surface area contributed by atoms with Crippen molar-refractivity contribution < 1.29 is 9.90 Å². The molecule has 1 N–H and O–H groups in total. The van der Waals surface area contributed by atoms with Gasteiger partial charge in [-0.05, 0) is 30.7 Å². The molecule has 2 heteroatoms. The second kappa shape index (κ2) is 4.58. The first-order valence-corrected chi connectivity index (χ1v) is 5.53. The zero-order valence-corrected chi connectivity index (χ0v) is 8.73. The summed E-state index contributed by atoms with van der Waals surface area (Å²) in [6.07, 6.45) is 4.56. The van der Waals surface area contributed by atoms with Crippen molar-refractivity contribution in [2.75, 3.05) is 0 Å². The molecule has 1 aliphatic rings. The Morgan fingerprint density at radius 1 is 1.27 bits per heavy atom. The number of carbonyl (C=O) groups excluding carboxylic acids is 1. The summed E-state index contributed by atoms with van der Waals surface area (Å²) in [5.74, 6) is 0.357. The van der Waals surface area contributed by atoms with Crippen LogP contribution in [0.1, 0.15) is 47.5 Å². The highest BCUT2D eigenvalue weighted by Crippen LogP contribution is 2.34.